The molecule has 0 saturated heterocycles. The summed E-state index contributed by atoms with van der Waals surface area (Å²) in [5.41, 5.74) is 5.29. The zero-order valence-corrected chi connectivity index (χ0v) is 17.4. The van der Waals surface area contributed by atoms with Crippen LogP contribution in [0.15, 0.2) is 66.9 Å². The predicted molar refractivity (Wildman–Crippen MR) is 123 cm³/mol. The Hall–Kier alpha value is -4.33. The number of benzene rings is 2. The number of rotatable bonds is 5. The number of para-hydroxylation sites is 1. The molecule has 0 atom stereocenters. The molecule has 3 heterocycles. The van der Waals surface area contributed by atoms with E-state index < -0.39 is 5.97 Å². The van der Waals surface area contributed by atoms with Crippen molar-refractivity contribution in [2.24, 2.45) is 0 Å². The van der Waals surface area contributed by atoms with Crippen LogP contribution in [0.3, 0.4) is 0 Å². The minimum atomic E-state index is -0.419. The number of anilines is 3. The molecule has 0 saturated carbocycles. The van der Waals surface area contributed by atoms with E-state index in [-0.39, 0.29) is 12.5 Å². The molecular weight excluding hydrogens is 406 g/mol. The summed E-state index contributed by atoms with van der Waals surface area (Å²) in [6.07, 6.45) is 1.72. The summed E-state index contributed by atoms with van der Waals surface area (Å²) in [7, 11) is 1.36. The fraction of sp³-hybridized carbons (Fsp3) is 0.125. The molecule has 0 unspecified atom stereocenters. The van der Waals surface area contributed by atoms with Gasteiger partial charge in [-0.1, -0.05) is 42.5 Å². The number of aromatic nitrogens is 2. The van der Waals surface area contributed by atoms with Gasteiger partial charge in [-0.2, -0.15) is 0 Å². The van der Waals surface area contributed by atoms with E-state index in [1.165, 1.54) is 7.11 Å². The number of amides is 1. The molecule has 1 amide bonds. The van der Waals surface area contributed by atoms with E-state index in [4.69, 9.17) is 9.72 Å². The van der Waals surface area contributed by atoms with E-state index in [1.54, 1.807) is 18.3 Å². The highest BCUT2D eigenvalue weighted by Gasteiger charge is 2.23. The number of hydrogen-bond donors (Lipinski definition) is 3. The van der Waals surface area contributed by atoms with Crippen LogP contribution in [0.2, 0.25) is 0 Å². The third-order valence-electron chi connectivity index (χ3n) is 5.36. The number of carbonyl (C=O) groups is 2. The SMILES string of the molecule is COC(=O)c1ccc2nc(-c3cccc4c3NCC(=O)N4)c(NCc3ccccc3)n2c1. The Labute approximate surface area is 184 Å². The van der Waals surface area contributed by atoms with Crippen LogP contribution in [-0.2, 0) is 16.1 Å². The van der Waals surface area contributed by atoms with Gasteiger partial charge in [-0.25, -0.2) is 9.78 Å². The Morgan fingerprint density at radius 2 is 1.97 bits per heavy atom. The van der Waals surface area contributed by atoms with Crippen LogP contribution in [0.1, 0.15) is 15.9 Å². The van der Waals surface area contributed by atoms with Gasteiger partial charge in [0.05, 0.1) is 30.6 Å². The fourth-order valence-corrected chi connectivity index (χ4v) is 3.83. The molecule has 1 aliphatic heterocycles. The third-order valence-corrected chi connectivity index (χ3v) is 5.36. The first kappa shape index (κ1) is 19.6. The van der Waals surface area contributed by atoms with Crippen LogP contribution >= 0.6 is 0 Å². The highest BCUT2D eigenvalue weighted by atomic mass is 16.5. The normalized spacial score (nSPS) is 12.6. The lowest BCUT2D eigenvalue weighted by Gasteiger charge is -2.21. The first-order valence-corrected chi connectivity index (χ1v) is 10.2. The summed E-state index contributed by atoms with van der Waals surface area (Å²) in [5, 5.41) is 9.58. The van der Waals surface area contributed by atoms with Gasteiger partial charge in [-0.3, -0.25) is 9.20 Å². The molecule has 160 valence electrons. The maximum Gasteiger partial charge on any atom is 0.339 e. The predicted octanol–water partition coefficient (Wildman–Crippen LogP) is 3.76. The Balaban J connectivity index is 1.66. The molecule has 8 nitrogen and oxygen atoms in total. The highest BCUT2D eigenvalue weighted by Crippen LogP contribution is 2.39. The molecular formula is C24H21N5O3. The van der Waals surface area contributed by atoms with Crippen LogP contribution in [0.5, 0.6) is 0 Å². The highest BCUT2D eigenvalue weighted by molar-refractivity contribution is 6.04. The van der Waals surface area contributed by atoms with Crippen molar-refractivity contribution >= 4 is 34.7 Å². The van der Waals surface area contributed by atoms with Gasteiger partial charge < -0.3 is 20.7 Å². The smallest absolute Gasteiger partial charge is 0.339 e. The Morgan fingerprint density at radius 3 is 2.78 bits per heavy atom. The zero-order chi connectivity index (χ0) is 22.1. The summed E-state index contributed by atoms with van der Waals surface area (Å²) in [6.45, 7) is 0.764. The second kappa shape index (κ2) is 8.07. The van der Waals surface area contributed by atoms with Gasteiger partial charge in [-0.15, -0.1) is 0 Å². The summed E-state index contributed by atoms with van der Waals surface area (Å²) >= 11 is 0. The molecule has 2 aromatic heterocycles. The van der Waals surface area contributed by atoms with Crippen molar-refractivity contribution in [1.82, 2.24) is 9.38 Å². The van der Waals surface area contributed by atoms with Gasteiger partial charge in [0.2, 0.25) is 5.91 Å². The number of ether oxygens (including phenoxy) is 1. The minimum absolute atomic E-state index is 0.0882. The summed E-state index contributed by atoms with van der Waals surface area (Å²) < 4.78 is 6.74. The minimum Gasteiger partial charge on any atom is -0.465 e. The van der Waals surface area contributed by atoms with E-state index in [0.29, 0.717) is 29.1 Å². The quantitative estimate of drug-likeness (QED) is 0.420. The van der Waals surface area contributed by atoms with Crippen molar-refractivity contribution in [3.05, 3.63) is 78.0 Å². The molecule has 0 aliphatic carbocycles. The molecule has 0 bridgehead atoms. The van der Waals surface area contributed by atoms with Crippen LogP contribution in [0.25, 0.3) is 16.9 Å². The van der Waals surface area contributed by atoms with Crippen molar-refractivity contribution in [3.63, 3.8) is 0 Å². The van der Waals surface area contributed by atoms with Gasteiger partial charge in [0, 0.05) is 18.3 Å². The molecule has 3 N–H and O–H groups in total. The van der Waals surface area contributed by atoms with Gasteiger partial charge >= 0.3 is 5.97 Å². The number of fused-ring (bicyclic) bond motifs is 2. The van der Waals surface area contributed by atoms with Crippen molar-refractivity contribution < 1.29 is 14.3 Å². The summed E-state index contributed by atoms with van der Waals surface area (Å²) in [4.78, 5) is 28.8. The molecule has 4 aromatic rings. The monoisotopic (exact) mass is 427 g/mol. The number of esters is 1. The maximum atomic E-state index is 12.1. The van der Waals surface area contributed by atoms with Gasteiger partial charge in [-0.05, 0) is 23.8 Å². The second-order valence-corrected chi connectivity index (χ2v) is 7.42. The fourth-order valence-electron chi connectivity index (χ4n) is 3.83. The lowest BCUT2D eigenvalue weighted by atomic mass is 10.1. The van der Waals surface area contributed by atoms with Crippen molar-refractivity contribution in [2.75, 3.05) is 29.6 Å². The molecule has 8 heteroatoms. The molecule has 0 spiro atoms. The lowest BCUT2D eigenvalue weighted by molar-refractivity contribution is -0.114. The van der Waals surface area contributed by atoms with Crippen molar-refractivity contribution in [2.45, 2.75) is 6.54 Å². The van der Waals surface area contributed by atoms with Gasteiger partial charge in [0.1, 0.15) is 17.2 Å². The van der Waals surface area contributed by atoms with Crippen molar-refractivity contribution in [3.8, 4) is 11.3 Å². The second-order valence-electron chi connectivity index (χ2n) is 7.42. The van der Waals surface area contributed by atoms with Crippen molar-refractivity contribution in [1.29, 1.82) is 0 Å². The first-order valence-electron chi connectivity index (χ1n) is 10.2. The Morgan fingerprint density at radius 1 is 1.12 bits per heavy atom. The molecule has 0 radical (unpaired) electrons. The average Bonchev–Trinajstić information content (AvgIpc) is 3.19. The molecule has 1 aliphatic rings. The van der Waals surface area contributed by atoms with Gasteiger partial charge in [0.15, 0.2) is 0 Å². The van der Waals surface area contributed by atoms with Crippen LogP contribution in [0, 0.1) is 0 Å². The molecule has 2 aromatic carbocycles. The zero-order valence-electron chi connectivity index (χ0n) is 17.4. The van der Waals surface area contributed by atoms with Crippen LogP contribution in [0.4, 0.5) is 17.2 Å². The van der Waals surface area contributed by atoms with Crippen LogP contribution in [-0.4, -0.2) is 34.9 Å². The Kier molecular flexibility index (Phi) is 4.95. The lowest BCUT2D eigenvalue weighted by Crippen LogP contribution is -2.27. The molecule has 32 heavy (non-hydrogen) atoms. The summed E-state index contributed by atoms with van der Waals surface area (Å²) in [6, 6.07) is 19.2. The number of carbonyl (C=O) groups excluding carboxylic acids is 2. The number of pyridine rings is 1. The van der Waals surface area contributed by atoms with E-state index in [2.05, 4.69) is 16.0 Å². The third kappa shape index (κ3) is 3.51. The average molecular weight is 427 g/mol. The first-order chi connectivity index (χ1) is 15.6. The maximum absolute atomic E-state index is 12.1. The Bertz CT molecular complexity index is 1330. The molecule has 0 fully saturated rings. The van der Waals surface area contributed by atoms with E-state index >= 15 is 0 Å². The number of imidazole rings is 1. The number of nitrogens with one attached hydrogen (secondary N) is 3. The van der Waals surface area contributed by atoms with Gasteiger partial charge in [0.25, 0.3) is 0 Å². The standard InChI is InChI=1S/C24H21N5O3/c1-32-24(31)16-10-11-19-28-22(17-8-5-9-18-21(17)25-13-20(30)27-18)23(29(19)14-16)26-12-15-6-3-2-4-7-15/h2-11,14,25-26H,12-13H2,1H3,(H,27,30). The molecule has 5 rings (SSSR count). The number of nitrogens with zero attached hydrogens (tertiary/aromatic N) is 2. The van der Waals surface area contributed by atoms with Crippen LogP contribution < -0.4 is 16.0 Å². The van der Waals surface area contributed by atoms with E-state index in [0.717, 1.165) is 22.6 Å². The number of methoxy groups -OCH3 is 1. The topological polar surface area (TPSA) is 96.8 Å². The largest absolute Gasteiger partial charge is 0.465 e. The summed E-state index contributed by atoms with van der Waals surface area (Å²) in [5.74, 6) is 0.231. The van der Waals surface area contributed by atoms with E-state index in [1.807, 2.05) is 52.9 Å². The number of hydrogen-bond acceptors (Lipinski definition) is 6. The van der Waals surface area contributed by atoms with E-state index in [9.17, 15) is 9.59 Å².